The summed E-state index contributed by atoms with van der Waals surface area (Å²) in [6, 6.07) is 8.18. The van der Waals surface area contributed by atoms with Gasteiger partial charge in [0.25, 0.3) is 0 Å². The summed E-state index contributed by atoms with van der Waals surface area (Å²) in [5.41, 5.74) is 8.01. The number of carbonyl (C=O) groups is 1. The lowest BCUT2D eigenvalue weighted by Gasteiger charge is -2.30. The van der Waals surface area contributed by atoms with Crippen molar-refractivity contribution in [1.82, 2.24) is 5.32 Å². The first-order valence-corrected chi connectivity index (χ1v) is 7.71. The van der Waals surface area contributed by atoms with Gasteiger partial charge in [-0.25, -0.2) is 0 Å². The van der Waals surface area contributed by atoms with Crippen LogP contribution in [-0.2, 0) is 11.3 Å². The highest BCUT2D eigenvalue weighted by molar-refractivity contribution is 5.82. The zero-order chi connectivity index (χ0) is 14.4. The number of benzene rings is 1. The molecule has 110 valence electrons. The Hall–Kier alpha value is -1.35. The minimum absolute atomic E-state index is 0.144. The molecular formula is C17H26N2O. The van der Waals surface area contributed by atoms with Crippen molar-refractivity contribution in [2.45, 2.75) is 52.0 Å². The molecule has 0 bridgehead atoms. The minimum Gasteiger partial charge on any atom is -0.351 e. The van der Waals surface area contributed by atoms with Crippen molar-refractivity contribution in [2.75, 3.05) is 6.54 Å². The van der Waals surface area contributed by atoms with Crippen molar-refractivity contribution in [2.24, 2.45) is 11.1 Å². The van der Waals surface area contributed by atoms with E-state index in [0.29, 0.717) is 13.1 Å². The van der Waals surface area contributed by atoms with Crippen molar-refractivity contribution in [3.63, 3.8) is 0 Å². The normalized spacial score (nSPS) is 18.3. The monoisotopic (exact) mass is 274 g/mol. The molecule has 3 N–H and O–H groups in total. The number of carbonyl (C=O) groups excluding carboxylic acids is 1. The van der Waals surface area contributed by atoms with Crippen molar-refractivity contribution in [3.05, 3.63) is 35.4 Å². The topological polar surface area (TPSA) is 55.1 Å². The third kappa shape index (κ3) is 3.40. The van der Waals surface area contributed by atoms with Crippen LogP contribution in [0.4, 0.5) is 0 Å². The summed E-state index contributed by atoms with van der Waals surface area (Å²) in [6.07, 6.45) is 6.57. The molecule has 1 saturated carbocycles. The van der Waals surface area contributed by atoms with E-state index in [4.69, 9.17) is 5.73 Å². The third-order valence-corrected chi connectivity index (χ3v) is 4.63. The quantitative estimate of drug-likeness (QED) is 0.829. The third-order valence-electron chi connectivity index (χ3n) is 4.63. The Morgan fingerprint density at radius 2 is 1.85 bits per heavy atom. The summed E-state index contributed by atoms with van der Waals surface area (Å²) >= 11 is 0. The summed E-state index contributed by atoms with van der Waals surface area (Å²) in [7, 11) is 0. The molecule has 20 heavy (non-hydrogen) atoms. The molecule has 0 saturated heterocycles. The van der Waals surface area contributed by atoms with Gasteiger partial charge in [0.1, 0.15) is 0 Å². The molecule has 0 aromatic heterocycles. The Balaban J connectivity index is 2.00. The fourth-order valence-corrected chi connectivity index (χ4v) is 3.10. The molecule has 3 nitrogen and oxygen atoms in total. The molecule has 1 fully saturated rings. The van der Waals surface area contributed by atoms with Gasteiger partial charge >= 0.3 is 0 Å². The molecule has 0 heterocycles. The van der Waals surface area contributed by atoms with Crippen LogP contribution in [0.2, 0.25) is 0 Å². The first-order chi connectivity index (χ1) is 9.68. The second-order valence-corrected chi connectivity index (χ2v) is 6.01. The Morgan fingerprint density at radius 3 is 2.45 bits per heavy atom. The fourth-order valence-electron chi connectivity index (χ4n) is 3.10. The first kappa shape index (κ1) is 15.0. The molecule has 1 amide bonds. The van der Waals surface area contributed by atoms with E-state index in [9.17, 15) is 4.79 Å². The maximum Gasteiger partial charge on any atom is 0.227 e. The minimum atomic E-state index is -0.334. The number of hydrogen-bond acceptors (Lipinski definition) is 2. The largest absolute Gasteiger partial charge is 0.351 e. The molecule has 0 spiro atoms. The van der Waals surface area contributed by atoms with E-state index in [1.807, 2.05) is 12.1 Å². The van der Waals surface area contributed by atoms with Gasteiger partial charge in [-0.05, 0) is 30.9 Å². The van der Waals surface area contributed by atoms with E-state index in [2.05, 4.69) is 24.4 Å². The zero-order valence-corrected chi connectivity index (χ0v) is 12.5. The van der Waals surface area contributed by atoms with E-state index in [-0.39, 0.29) is 11.3 Å². The summed E-state index contributed by atoms with van der Waals surface area (Å²) < 4.78 is 0. The van der Waals surface area contributed by atoms with Crippen LogP contribution in [0.25, 0.3) is 0 Å². The number of amides is 1. The molecule has 0 radical (unpaired) electrons. The maximum atomic E-state index is 12.6. The van der Waals surface area contributed by atoms with Crippen molar-refractivity contribution >= 4 is 5.91 Å². The van der Waals surface area contributed by atoms with Gasteiger partial charge in [0.2, 0.25) is 5.91 Å². The van der Waals surface area contributed by atoms with Gasteiger partial charge in [0.05, 0.1) is 5.41 Å². The highest BCUT2D eigenvalue weighted by Gasteiger charge is 2.36. The highest BCUT2D eigenvalue weighted by atomic mass is 16.2. The fraction of sp³-hybridized carbons (Fsp3) is 0.588. The molecule has 0 unspecified atom stereocenters. The average molecular weight is 274 g/mol. The molecule has 1 aliphatic carbocycles. The molecule has 1 aromatic rings. The molecule has 3 heteroatoms. The van der Waals surface area contributed by atoms with Gasteiger partial charge in [-0.1, -0.05) is 49.9 Å². The van der Waals surface area contributed by atoms with Crippen LogP contribution in [-0.4, -0.2) is 12.5 Å². The maximum absolute atomic E-state index is 12.6. The summed E-state index contributed by atoms with van der Waals surface area (Å²) in [5, 5.41) is 3.11. The van der Waals surface area contributed by atoms with E-state index >= 15 is 0 Å². The summed E-state index contributed by atoms with van der Waals surface area (Å²) in [5.74, 6) is 0.144. The molecule has 1 aliphatic rings. The van der Waals surface area contributed by atoms with Crippen LogP contribution in [0.15, 0.2) is 24.3 Å². The van der Waals surface area contributed by atoms with Gasteiger partial charge in [0, 0.05) is 13.1 Å². The van der Waals surface area contributed by atoms with Gasteiger partial charge < -0.3 is 11.1 Å². The molecule has 0 atom stereocenters. The zero-order valence-electron chi connectivity index (χ0n) is 12.5. The van der Waals surface area contributed by atoms with Gasteiger partial charge in [-0.15, -0.1) is 0 Å². The number of nitrogens with one attached hydrogen (secondary N) is 1. The number of aryl methyl sites for hydroxylation is 1. The number of hydrogen-bond donors (Lipinski definition) is 2. The molecule has 0 aliphatic heterocycles. The van der Waals surface area contributed by atoms with Crippen LogP contribution in [0.3, 0.4) is 0 Å². The van der Waals surface area contributed by atoms with Gasteiger partial charge in [-0.2, -0.15) is 0 Å². The Labute approximate surface area is 121 Å². The van der Waals surface area contributed by atoms with Crippen LogP contribution in [0.1, 0.15) is 49.7 Å². The first-order valence-electron chi connectivity index (χ1n) is 7.71. The SMILES string of the molecule is Cc1ccccc1CNC(=O)C1(CN)CCCCCC1. The van der Waals surface area contributed by atoms with Gasteiger partial charge in [0.15, 0.2) is 0 Å². The van der Waals surface area contributed by atoms with Crippen LogP contribution < -0.4 is 11.1 Å². The second kappa shape index (κ2) is 6.89. The highest BCUT2D eigenvalue weighted by Crippen LogP contribution is 2.34. The lowest BCUT2D eigenvalue weighted by molar-refractivity contribution is -0.131. The Morgan fingerprint density at radius 1 is 1.20 bits per heavy atom. The average Bonchev–Trinajstić information content (AvgIpc) is 2.72. The van der Waals surface area contributed by atoms with E-state index in [1.54, 1.807) is 0 Å². The van der Waals surface area contributed by atoms with Crippen molar-refractivity contribution in [3.8, 4) is 0 Å². The predicted octanol–water partition coefficient (Wildman–Crippen LogP) is 2.91. The van der Waals surface area contributed by atoms with Gasteiger partial charge in [-0.3, -0.25) is 4.79 Å². The molecular weight excluding hydrogens is 248 g/mol. The Kier molecular flexibility index (Phi) is 5.18. The smallest absolute Gasteiger partial charge is 0.227 e. The van der Waals surface area contributed by atoms with E-state index < -0.39 is 0 Å². The standard InChI is InChI=1S/C17H26N2O/c1-14-8-4-5-9-15(14)12-19-16(20)17(13-18)10-6-2-3-7-11-17/h4-5,8-9H,2-3,6-7,10-13,18H2,1H3,(H,19,20). The lowest BCUT2D eigenvalue weighted by atomic mass is 9.79. The van der Waals surface area contributed by atoms with Crippen LogP contribution in [0.5, 0.6) is 0 Å². The predicted molar refractivity (Wildman–Crippen MR) is 82.2 cm³/mol. The molecule has 2 rings (SSSR count). The Bertz CT molecular complexity index is 448. The number of rotatable bonds is 4. The number of nitrogens with two attached hydrogens (primary N) is 1. The van der Waals surface area contributed by atoms with Crippen LogP contribution in [0, 0.1) is 12.3 Å². The van der Waals surface area contributed by atoms with Crippen molar-refractivity contribution in [1.29, 1.82) is 0 Å². The summed E-state index contributed by atoms with van der Waals surface area (Å²) in [6.45, 7) is 3.14. The molecule has 1 aromatic carbocycles. The van der Waals surface area contributed by atoms with Crippen LogP contribution >= 0.6 is 0 Å². The second-order valence-electron chi connectivity index (χ2n) is 6.01. The van der Waals surface area contributed by atoms with E-state index in [1.165, 1.54) is 24.0 Å². The van der Waals surface area contributed by atoms with Crippen molar-refractivity contribution < 1.29 is 4.79 Å². The van der Waals surface area contributed by atoms with E-state index in [0.717, 1.165) is 25.7 Å². The summed E-state index contributed by atoms with van der Waals surface area (Å²) in [4.78, 5) is 12.6. The lowest BCUT2D eigenvalue weighted by Crippen LogP contribution is -2.45.